The summed E-state index contributed by atoms with van der Waals surface area (Å²) in [6.07, 6.45) is 0. The first-order valence-electron chi connectivity index (χ1n) is 3.97. The second-order valence-corrected chi connectivity index (χ2v) is 3.43. The van der Waals surface area contributed by atoms with Gasteiger partial charge in [-0.25, -0.2) is 0 Å². The number of nitrogens with one attached hydrogen (secondary N) is 2. The molecule has 1 rings (SSSR count). The third kappa shape index (κ3) is 3.29. The van der Waals surface area contributed by atoms with Gasteiger partial charge in [-0.15, -0.1) is 0 Å². The number of aryl methyl sites for hydroxylation is 2. The molecule has 0 amide bonds. The van der Waals surface area contributed by atoms with Crippen LogP contribution in [0.25, 0.3) is 0 Å². The highest BCUT2D eigenvalue weighted by molar-refractivity contribution is 7.80. The van der Waals surface area contributed by atoms with Crippen LogP contribution >= 0.6 is 12.2 Å². The van der Waals surface area contributed by atoms with Crippen LogP contribution in [0.5, 0.6) is 0 Å². The van der Waals surface area contributed by atoms with Crippen LogP contribution in [0, 0.1) is 13.8 Å². The summed E-state index contributed by atoms with van der Waals surface area (Å²) in [5, 5.41) is 0.235. The molecule has 1 aromatic carbocycles. The lowest BCUT2D eigenvalue weighted by Gasteiger charge is -2.09. The first-order chi connectivity index (χ1) is 6.08. The van der Waals surface area contributed by atoms with E-state index in [4.69, 9.17) is 5.73 Å². The summed E-state index contributed by atoms with van der Waals surface area (Å²) in [6.45, 7) is 4.08. The van der Waals surface area contributed by atoms with Gasteiger partial charge in [0.2, 0.25) is 0 Å². The molecule has 0 spiro atoms. The molecular weight excluding hydrogens is 182 g/mol. The molecule has 0 atom stereocenters. The van der Waals surface area contributed by atoms with Crippen molar-refractivity contribution < 1.29 is 0 Å². The number of anilines is 1. The summed E-state index contributed by atoms with van der Waals surface area (Å²) in [5.74, 6) is 0. The van der Waals surface area contributed by atoms with Crippen molar-refractivity contribution in [2.45, 2.75) is 13.8 Å². The lowest BCUT2D eigenvalue weighted by Crippen LogP contribution is -2.33. The predicted octanol–water partition coefficient (Wildman–Crippen LogP) is 1.46. The summed E-state index contributed by atoms with van der Waals surface area (Å²) in [6, 6.07) is 6.13. The normalized spacial score (nSPS) is 9.38. The zero-order valence-corrected chi connectivity index (χ0v) is 8.53. The third-order valence-corrected chi connectivity index (χ3v) is 1.65. The Kier molecular flexibility index (Phi) is 3.08. The highest BCUT2D eigenvalue weighted by Crippen LogP contribution is 2.12. The molecule has 0 aliphatic rings. The molecule has 0 aliphatic carbocycles. The monoisotopic (exact) mass is 195 g/mol. The zero-order valence-electron chi connectivity index (χ0n) is 7.72. The average molecular weight is 195 g/mol. The maximum atomic E-state index is 5.27. The highest BCUT2D eigenvalue weighted by Gasteiger charge is 1.94. The van der Waals surface area contributed by atoms with E-state index in [9.17, 15) is 0 Å². The minimum absolute atomic E-state index is 0.235. The molecule has 70 valence electrons. The largest absolute Gasteiger partial charge is 0.375 e. The molecular formula is C9H13N3S. The van der Waals surface area contributed by atoms with E-state index < -0.39 is 0 Å². The Morgan fingerprint density at radius 3 is 2.23 bits per heavy atom. The van der Waals surface area contributed by atoms with Crippen LogP contribution in [-0.2, 0) is 0 Å². The fourth-order valence-electron chi connectivity index (χ4n) is 1.18. The summed E-state index contributed by atoms with van der Waals surface area (Å²) >= 11 is 4.66. The second kappa shape index (κ2) is 4.09. The van der Waals surface area contributed by atoms with Crippen molar-refractivity contribution in [3.8, 4) is 0 Å². The summed E-state index contributed by atoms with van der Waals surface area (Å²) in [7, 11) is 0. The Bertz CT molecular complexity index is 302. The van der Waals surface area contributed by atoms with Crippen molar-refractivity contribution in [2.75, 3.05) is 5.43 Å². The van der Waals surface area contributed by atoms with Gasteiger partial charge in [-0.1, -0.05) is 6.07 Å². The van der Waals surface area contributed by atoms with Crippen LogP contribution in [0.3, 0.4) is 0 Å². The van der Waals surface area contributed by atoms with Crippen LogP contribution in [0.1, 0.15) is 11.1 Å². The fourth-order valence-corrected chi connectivity index (χ4v) is 1.23. The molecule has 13 heavy (non-hydrogen) atoms. The van der Waals surface area contributed by atoms with Crippen molar-refractivity contribution in [1.29, 1.82) is 0 Å². The maximum Gasteiger partial charge on any atom is 0.182 e. The molecule has 0 bridgehead atoms. The molecule has 1 aromatic rings. The molecule has 0 heterocycles. The summed E-state index contributed by atoms with van der Waals surface area (Å²) < 4.78 is 0. The van der Waals surface area contributed by atoms with Gasteiger partial charge in [0.1, 0.15) is 0 Å². The summed E-state index contributed by atoms with van der Waals surface area (Å²) in [4.78, 5) is 0. The van der Waals surface area contributed by atoms with Gasteiger partial charge in [0, 0.05) is 0 Å². The summed E-state index contributed by atoms with van der Waals surface area (Å²) in [5.41, 5.74) is 14.2. The SMILES string of the molecule is Cc1cc(C)cc(NNC(N)=S)c1. The van der Waals surface area contributed by atoms with Crippen LogP contribution in [-0.4, -0.2) is 5.11 Å². The quantitative estimate of drug-likeness (QED) is 0.494. The smallest absolute Gasteiger partial charge is 0.182 e. The highest BCUT2D eigenvalue weighted by atomic mass is 32.1. The van der Waals surface area contributed by atoms with Gasteiger partial charge in [0.05, 0.1) is 5.69 Å². The molecule has 0 fully saturated rings. The Morgan fingerprint density at radius 2 is 1.77 bits per heavy atom. The van der Waals surface area contributed by atoms with E-state index in [1.54, 1.807) is 0 Å². The predicted molar refractivity (Wildman–Crippen MR) is 59.5 cm³/mol. The Balaban J connectivity index is 2.71. The second-order valence-electron chi connectivity index (χ2n) is 2.99. The number of thiocarbonyl (C=S) groups is 1. The van der Waals surface area contributed by atoms with Gasteiger partial charge in [0.15, 0.2) is 5.11 Å². The molecule has 3 nitrogen and oxygen atoms in total. The van der Waals surface area contributed by atoms with E-state index in [1.165, 1.54) is 11.1 Å². The van der Waals surface area contributed by atoms with Crippen molar-refractivity contribution in [2.24, 2.45) is 5.73 Å². The average Bonchev–Trinajstić information content (AvgIpc) is 1.99. The van der Waals surface area contributed by atoms with Crippen LogP contribution in [0.2, 0.25) is 0 Å². The number of rotatable bonds is 2. The van der Waals surface area contributed by atoms with E-state index >= 15 is 0 Å². The number of benzene rings is 1. The third-order valence-electron chi connectivity index (χ3n) is 1.55. The van der Waals surface area contributed by atoms with E-state index in [0.717, 1.165) is 5.69 Å². The van der Waals surface area contributed by atoms with Crippen molar-refractivity contribution >= 4 is 23.0 Å². The van der Waals surface area contributed by atoms with Gasteiger partial charge in [-0.05, 0) is 49.3 Å². The van der Waals surface area contributed by atoms with Crippen molar-refractivity contribution in [1.82, 2.24) is 5.43 Å². The first-order valence-corrected chi connectivity index (χ1v) is 4.38. The van der Waals surface area contributed by atoms with Crippen molar-refractivity contribution in [3.05, 3.63) is 29.3 Å². The van der Waals surface area contributed by atoms with Gasteiger partial charge < -0.3 is 5.73 Å². The lowest BCUT2D eigenvalue weighted by molar-refractivity contribution is 1.12. The minimum Gasteiger partial charge on any atom is -0.375 e. The molecule has 0 saturated heterocycles. The van der Waals surface area contributed by atoms with Crippen LogP contribution in [0.15, 0.2) is 18.2 Å². The standard InChI is InChI=1S/C9H13N3S/c1-6-3-7(2)5-8(4-6)11-12-9(10)13/h3-5,11H,1-2H3,(H3,10,12,13). The minimum atomic E-state index is 0.235. The van der Waals surface area contributed by atoms with Gasteiger partial charge >= 0.3 is 0 Å². The van der Waals surface area contributed by atoms with E-state index in [0.29, 0.717) is 0 Å². The number of hydrazine groups is 1. The molecule has 0 aromatic heterocycles. The Hall–Kier alpha value is -1.29. The lowest BCUT2D eigenvalue weighted by atomic mass is 10.1. The molecule has 4 N–H and O–H groups in total. The maximum absolute atomic E-state index is 5.27. The van der Waals surface area contributed by atoms with Gasteiger partial charge in [0.25, 0.3) is 0 Å². The van der Waals surface area contributed by atoms with Crippen LogP contribution in [0.4, 0.5) is 5.69 Å². The van der Waals surface area contributed by atoms with E-state index in [-0.39, 0.29) is 5.11 Å². The molecule has 4 heteroatoms. The van der Waals surface area contributed by atoms with Crippen LogP contribution < -0.4 is 16.6 Å². The fraction of sp³-hybridized carbons (Fsp3) is 0.222. The Labute approximate surface area is 83.3 Å². The number of hydrogen-bond acceptors (Lipinski definition) is 2. The number of hydrogen-bond donors (Lipinski definition) is 3. The first kappa shape index (κ1) is 9.80. The Morgan fingerprint density at radius 1 is 1.23 bits per heavy atom. The molecule has 0 radical (unpaired) electrons. The van der Waals surface area contributed by atoms with Crippen molar-refractivity contribution in [3.63, 3.8) is 0 Å². The van der Waals surface area contributed by atoms with Gasteiger partial charge in [-0.2, -0.15) is 0 Å². The van der Waals surface area contributed by atoms with E-state index in [2.05, 4.69) is 29.1 Å². The number of nitrogens with two attached hydrogens (primary N) is 1. The topological polar surface area (TPSA) is 50.1 Å². The molecule has 0 aliphatic heterocycles. The molecule has 0 saturated carbocycles. The van der Waals surface area contributed by atoms with E-state index in [1.807, 2.05) is 26.0 Å². The zero-order chi connectivity index (χ0) is 9.84. The van der Waals surface area contributed by atoms with Gasteiger partial charge in [-0.3, -0.25) is 10.9 Å². The molecule has 0 unspecified atom stereocenters.